The Bertz CT molecular complexity index is 1290. The van der Waals surface area contributed by atoms with Crippen LogP contribution >= 0.6 is 34.9 Å². The first-order valence-electron chi connectivity index (χ1n) is 10.4. The van der Waals surface area contributed by atoms with Crippen LogP contribution in [0.2, 0.25) is 0 Å². The molecule has 0 amide bonds. The molecule has 4 aromatic rings. The average Bonchev–Trinajstić information content (AvgIpc) is 3.43. The quantitative estimate of drug-likeness (QED) is 0.132. The molecule has 0 saturated heterocycles. The van der Waals surface area contributed by atoms with Crippen LogP contribution in [0.3, 0.4) is 0 Å². The largest absolute Gasteiger partial charge is 0.293 e. The van der Waals surface area contributed by atoms with Gasteiger partial charge >= 0.3 is 0 Å². The van der Waals surface area contributed by atoms with Crippen LogP contribution in [-0.2, 0) is 12.8 Å². The van der Waals surface area contributed by atoms with Crippen LogP contribution in [0.4, 0.5) is 0 Å². The number of ketones is 2. The number of thioether (sulfide) groups is 2. The molecule has 0 atom stereocenters. The third-order valence-corrected chi connectivity index (χ3v) is 8.38. The lowest BCUT2D eigenvalue weighted by Gasteiger charge is -2.07. The number of aromatic nitrogens is 2. The van der Waals surface area contributed by atoms with Crippen LogP contribution in [0.25, 0.3) is 10.2 Å². The van der Waals surface area contributed by atoms with E-state index in [4.69, 9.17) is 9.97 Å². The van der Waals surface area contributed by atoms with Gasteiger partial charge in [0.1, 0.15) is 9.86 Å². The van der Waals surface area contributed by atoms with E-state index < -0.39 is 0 Å². The molecule has 2 aromatic carbocycles. The minimum Gasteiger partial charge on any atom is -0.293 e. The summed E-state index contributed by atoms with van der Waals surface area (Å²) in [6.07, 6.45) is 3.28. The fourth-order valence-electron chi connectivity index (χ4n) is 3.79. The molecule has 4 nitrogen and oxygen atoms in total. The summed E-state index contributed by atoms with van der Waals surface area (Å²) in [6.45, 7) is 0. The van der Waals surface area contributed by atoms with Gasteiger partial charge in [0.15, 0.2) is 16.7 Å². The molecule has 2 aromatic heterocycles. The predicted octanol–water partition coefficient (Wildman–Crippen LogP) is 6.13. The van der Waals surface area contributed by atoms with E-state index in [0.29, 0.717) is 22.0 Å². The van der Waals surface area contributed by atoms with Crippen LogP contribution in [0.5, 0.6) is 0 Å². The van der Waals surface area contributed by atoms with Crippen molar-refractivity contribution in [3.05, 3.63) is 82.2 Å². The van der Waals surface area contributed by atoms with Crippen LogP contribution in [0.1, 0.15) is 37.6 Å². The maximum absolute atomic E-state index is 12.7. The maximum Gasteiger partial charge on any atom is 0.190 e. The minimum absolute atomic E-state index is 0.0569. The summed E-state index contributed by atoms with van der Waals surface area (Å²) in [5, 5.41) is 2.55. The number of fused-ring (bicyclic) bond motifs is 3. The maximum atomic E-state index is 12.7. The van der Waals surface area contributed by atoms with Crippen molar-refractivity contribution in [2.45, 2.75) is 29.4 Å². The number of hydrogen-bond donors (Lipinski definition) is 0. The molecule has 0 spiro atoms. The highest BCUT2D eigenvalue weighted by Crippen LogP contribution is 2.41. The van der Waals surface area contributed by atoms with Gasteiger partial charge in [0.25, 0.3) is 0 Å². The second kappa shape index (κ2) is 9.57. The number of hydrogen-bond acceptors (Lipinski definition) is 7. The summed E-state index contributed by atoms with van der Waals surface area (Å²) in [6, 6.07) is 18.6. The summed E-state index contributed by atoms with van der Waals surface area (Å²) in [4.78, 5) is 37.1. The zero-order valence-electron chi connectivity index (χ0n) is 17.2. The second-order valence-corrected chi connectivity index (χ2v) is 10.5. The van der Waals surface area contributed by atoms with Gasteiger partial charge in [-0.05, 0) is 24.8 Å². The average molecular weight is 477 g/mol. The Labute approximate surface area is 198 Å². The summed E-state index contributed by atoms with van der Waals surface area (Å²) < 4.78 is 0. The number of carbonyl (C=O) groups is 2. The van der Waals surface area contributed by atoms with Gasteiger partial charge in [0.05, 0.1) is 11.5 Å². The molecule has 32 heavy (non-hydrogen) atoms. The number of aryl methyl sites for hydroxylation is 2. The first kappa shape index (κ1) is 21.4. The van der Waals surface area contributed by atoms with Crippen molar-refractivity contribution in [2.24, 2.45) is 0 Å². The molecule has 0 radical (unpaired) electrons. The zero-order valence-corrected chi connectivity index (χ0v) is 19.7. The minimum atomic E-state index is 0.0569. The number of rotatable bonds is 8. The number of Topliss-reactive ketones (excluding diaryl/α,β-unsaturated/α-hetero) is 2. The summed E-state index contributed by atoms with van der Waals surface area (Å²) in [5.74, 6) is 0.755. The smallest absolute Gasteiger partial charge is 0.190 e. The highest BCUT2D eigenvalue weighted by molar-refractivity contribution is 8.00. The molecule has 0 bridgehead atoms. The number of benzene rings is 2. The molecular formula is C25H20N2O2S3. The van der Waals surface area contributed by atoms with Gasteiger partial charge in [-0.3, -0.25) is 9.59 Å². The Morgan fingerprint density at radius 1 is 0.812 bits per heavy atom. The molecule has 5 rings (SSSR count). The fourth-order valence-corrected chi connectivity index (χ4v) is 6.92. The van der Waals surface area contributed by atoms with Crippen LogP contribution in [-0.4, -0.2) is 33.0 Å². The third-order valence-electron chi connectivity index (χ3n) is 5.37. The molecule has 0 N–H and O–H groups in total. The topological polar surface area (TPSA) is 59.9 Å². The Morgan fingerprint density at radius 3 is 2.09 bits per heavy atom. The van der Waals surface area contributed by atoms with Gasteiger partial charge in [-0.25, -0.2) is 9.97 Å². The van der Waals surface area contributed by atoms with Crippen molar-refractivity contribution in [3.63, 3.8) is 0 Å². The molecule has 0 fully saturated rings. The molecule has 0 saturated carbocycles. The van der Waals surface area contributed by atoms with E-state index in [0.717, 1.165) is 34.5 Å². The lowest BCUT2D eigenvalue weighted by Crippen LogP contribution is -2.04. The van der Waals surface area contributed by atoms with Crippen LogP contribution < -0.4 is 0 Å². The Kier molecular flexibility index (Phi) is 6.39. The van der Waals surface area contributed by atoms with E-state index in [-0.39, 0.29) is 17.3 Å². The van der Waals surface area contributed by atoms with Crippen molar-refractivity contribution in [1.82, 2.24) is 9.97 Å². The summed E-state index contributed by atoms with van der Waals surface area (Å²) in [5.41, 5.74) is 2.75. The van der Waals surface area contributed by atoms with Crippen molar-refractivity contribution in [1.29, 1.82) is 0 Å². The highest BCUT2D eigenvalue weighted by Gasteiger charge is 2.23. The van der Waals surface area contributed by atoms with Crippen molar-refractivity contribution in [3.8, 4) is 0 Å². The van der Waals surface area contributed by atoms with E-state index >= 15 is 0 Å². The number of carbonyl (C=O) groups excluding carboxylic acids is 2. The van der Waals surface area contributed by atoms with Crippen molar-refractivity contribution >= 4 is 56.6 Å². The lowest BCUT2D eigenvalue weighted by molar-refractivity contribution is 0.101. The van der Waals surface area contributed by atoms with E-state index in [2.05, 4.69) is 0 Å². The Balaban J connectivity index is 1.40. The lowest BCUT2D eigenvalue weighted by atomic mass is 10.2. The molecule has 1 aliphatic carbocycles. The second-order valence-electron chi connectivity index (χ2n) is 7.50. The third kappa shape index (κ3) is 4.51. The van der Waals surface area contributed by atoms with Crippen LogP contribution in [0, 0.1) is 0 Å². The van der Waals surface area contributed by atoms with Gasteiger partial charge in [0.2, 0.25) is 0 Å². The zero-order chi connectivity index (χ0) is 21.9. The highest BCUT2D eigenvalue weighted by atomic mass is 32.2. The molecule has 1 aliphatic rings. The SMILES string of the molecule is O=C(CSc1nc(SCC(=O)c2ccccc2)c2c3c(sc2n1)CCC3)c1ccccc1. The van der Waals surface area contributed by atoms with Gasteiger partial charge in [0, 0.05) is 21.4 Å². The molecule has 7 heteroatoms. The van der Waals surface area contributed by atoms with Gasteiger partial charge in [-0.15, -0.1) is 11.3 Å². The van der Waals surface area contributed by atoms with Gasteiger partial charge < -0.3 is 0 Å². The normalized spacial score (nSPS) is 12.8. The van der Waals surface area contributed by atoms with Gasteiger partial charge in [-0.1, -0.05) is 84.2 Å². The Morgan fingerprint density at radius 2 is 1.44 bits per heavy atom. The summed E-state index contributed by atoms with van der Waals surface area (Å²) in [7, 11) is 0. The number of thiophene rings is 1. The first-order valence-corrected chi connectivity index (χ1v) is 13.2. The summed E-state index contributed by atoms with van der Waals surface area (Å²) >= 11 is 4.56. The Hall–Kier alpha value is -2.48. The molecule has 0 aliphatic heterocycles. The standard InChI is InChI=1S/C25H20N2O2S3/c28-19(16-8-3-1-4-9-16)14-30-23-22-18-12-7-13-21(18)32-24(22)27-25(26-23)31-15-20(29)17-10-5-2-6-11-17/h1-6,8-11H,7,12-15H2. The molecule has 2 heterocycles. The first-order chi connectivity index (χ1) is 15.7. The van der Waals surface area contributed by atoms with E-state index in [1.807, 2.05) is 60.7 Å². The van der Waals surface area contributed by atoms with Gasteiger partial charge in [-0.2, -0.15) is 0 Å². The van der Waals surface area contributed by atoms with E-state index in [1.54, 1.807) is 11.3 Å². The molecular weight excluding hydrogens is 456 g/mol. The molecule has 0 unspecified atom stereocenters. The van der Waals surface area contributed by atoms with Crippen molar-refractivity contribution in [2.75, 3.05) is 11.5 Å². The van der Waals surface area contributed by atoms with E-state index in [9.17, 15) is 9.59 Å². The van der Waals surface area contributed by atoms with Crippen molar-refractivity contribution < 1.29 is 9.59 Å². The van der Waals surface area contributed by atoms with Crippen LogP contribution in [0.15, 0.2) is 70.8 Å². The molecule has 160 valence electrons. The fraction of sp³-hybridized carbons (Fsp3) is 0.200. The predicted molar refractivity (Wildman–Crippen MR) is 132 cm³/mol. The van der Waals surface area contributed by atoms with E-state index in [1.165, 1.54) is 34.0 Å². The monoisotopic (exact) mass is 476 g/mol. The number of nitrogens with zero attached hydrogens (tertiary/aromatic N) is 2.